The summed E-state index contributed by atoms with van der Waals surface area (Å²) in [5.41, 5.74) is 2.72. The van der Waals surface area contributed by atoms with Crippen molar-refractivity contribution in [3.63, 3.8) is 0 Å². The number of fused-ring (bicyclic) bond motifs is 1. The van der Waals surface area contributed by atoms with E-state index in [0.29, 0.717) is 28.3 Å². The molecule has 3 aromatic rings. The van der Waals surface area contributed by atoms with Gasteiger partial charge in [0, 0.05) is 42.2 Å². The molecule has 2 heterocycles. The highest BCUT2D eigenvalue weighted by Crippen LogP contribution is 2.43. The highest BCUT2D eigenvalue weighted by Gasteiger charge is 2.24. The molecule has 0 aliphatic carbocycles. The van der Waals surface area contributed by atoms with Gasteiger partial charge in [0.25, 0.3) is 0 Å². The first-order chi connectivity index (χ1) is 14.0. The summed E-state index contributed by atoms with van der Waals surface area (Å²) in [6.07, 6.45) is 2.24. The molecule has 152 valence electrons. The van der Waals surface area contributed by atoms with Crippen molar-refractivity contribution in [1.82, 2.24) is 14.9 Å². The number of ether oxygens (including phenoxy) is 1. The van der Waals surface area contributed by atoms with E-state index in [1.807, 2.05) is 13.0 Å². The van der Waals surface area contributed by atoms with Crippen molar-refractivity contribution in [2.45, 2.75) is 13.3 Å². The number of likely N-dealkylation sites (N-methyl/N-ethyl adjacent to an activating group) is 1. The number of nitrogens with zero attached hydrogens (tertiary/aromatic N) is 4. The fourth-order valence-electron chi connectivity index (χ4n) is 4.02. The van der Waals surface area contributed by atoms with Gasteiger partial charge in [0.05, 0.1) is 18.2 Å². The highest BCUT2D eigenvalue weighted by molar-refractivity contribution is 6.35. The van der Waals surface area contributed by atoms with Crippen molar-refractivity contribution in [3.05, 3.63) is 47.0 Å². The van der Waals surface area contributed by atoms with Gasteiger partial charge in [-0.05, 0) is 37.2 Å². The van der Waals surface area contributed by atoms with E-state index in [1.165, 1.54) is 13.2 Å². The first-order valence-electron chi connectivity index (χ1n) is 9.77. The van der Waals surface area contributed by atoms with Crippen LogP contribution in [0.1, 0.15) is 12.5 Å². The van der Waals surface area contributed by atoms with Crippen molar-refractivity contribution in [3.8, 4) is 16.9 Å². The van der Waals surface area contributed by atoms with Gasteiger partial charge in [0.15, 0.2) is 0 Å². The van der Waals surface area contributed by atoms with E-state index < -0.39 is 0 Å². The molecule has 1 aliphatic rings. The number of hydrogen-bond donors (Lipinski definition) is 0. The van der Waals surface area contributed by atoms with E-state index in [0.717, 1.165) is 48.5 Å². The van der Waals surface area contributed by atoms with E-state index in [1.54, 1.807) is 18.5 Å². The van der Waals surface area contributed by atoms with Crippen LogP contribution in [0, 0.1) is 5.82 Å². The lowest BCUT2D eigenvalue weighted by Gasteiger charge is -2.33. The van der Waals surface area contributed by atoms with Crippen LogP contribution < -0.4 is 9.64 Å². The van der Waals surface area contributed by atoms with E-state index >= 15 is 0 Å². The van der Waals surface area contributed by atoms with Gasteiger partial charge in [-0.25, -0.2) is 14.4 Å². The fourth-order valence-corrected chi connectivity index (χ4v) is 4.34. The van der Waals surface area contributed by atoms with E-state index in [9.17, 15) is 4.39 Å². The van der Waals surface area contributed by atoms with Crippen LogP contribution in [0.25, 0.3) is 22.0 Å². The number of aryl methyl sites for hydroxylation is 1. The van der Waals surface area contributed by atoms with Crippen molar-refractivity contribution < 1.29 is 9.13 Å². The van der Waals surface area contributed by atoms with Gasteiger partial charge in [-0.1, -0.05) is 24.6 Å². The van der Waals surface area contributed by atoms with Crippen LogP contribution in [0.5, 0.6) is 5.75 Å². The molecule has 0 bridgehead atoms. The molecule has 0 atom stereocenters. The third-order valence-corrected chi connectivity index (χ3v) is 5.86. The number of methoxy groups -OCH3 is 1. The standard InChI is InChI=1S/C22H24ClFN4O/c1-4-14-19(20-17(24)6-5-7-18(20)29-3)16(23)12-15-21(14)25-13-26-22(15)28-10-8-27(2)9-11-28/h5-7,12-13H,4,8-11H2,1-3H3. The van der Waals surface area contributed by atoms with Gasteiger partial charge < -0.3 is 14.5 Å². The summed E-state index contributed by atoms with van der Waals surface area (Å²) >= 11 is 6.75. The number of benzene rings is 2. The predicted molar refractivity (Wildman–Crippen MR) is 116 cm³/mol. The zero-order chi connectivity index (χ0) is 20.5. The van der Waals surface area contributed by atoms with Gasteiger partial charge in [0.1, 0.15) is 23.7 Å². The van der Waals surface area contributed by atoms with Crippen LogP contribution in [-0.2, 0) is 6.42 Å². The Balaban J connectivity index is 1.95. The summed E-state index contributed by atoms with van der Waals surface area (Å²) in [5.74, 6) is 0.967. The van der Waals surface area contributed by atoms with Crippen LogP contribution >= 0.6 is 11.6 Å². The van der Waals surface area contributed by atoms with Gasteiger partial charge in [-0.2, -0.15) is 0 Å². The number of hydrogen-bond acceptors (Lipinski definition) is 5. The summed E-state index contributed by atoms with van der Waals surface area (Å²) in [6.45, 7) is 5.77. The Labute approximate surface area is 175 Å². The Kier molecular flexibility index (Phi) is 5.56. The highest BCUT2D eigenvalue weighted by atomic mass is 35.5. The molecule has 0 unspecified atom stereocenters. The largest absolute Gasteiger partial charge is 0.496 e. The minimum absolute atomic E-state index is 0.367. The lowest BCUT2D eigenvalue weighted by molar-refractivity contribution is 0.312. The van der Waals surface area contributed by atoms with Crippen LogP contribution in [-0.4, -0.2) is 55.2 Å². The summed E-state index contributed by atoms with van der Waals surface area (Å²) in [6, 6.07) is 6.66. The predicted octanol–water partition coefficient (Wildman–Crippen LogP) is 4.41. The van der Waals surface area contributed by atoms with E-state index in [-0.39, 0.29) is 5.82 Å². The number of rotatable bonds is 4. The molecule has 29 heavy (non-hydrogen) atoms. The van der Waals surface area contributed by atoms with Gasteiger partial charge in [0.2, 0.25) is 0 Å². The van der Waals surface area contributed by atoms with Crippen molar-refractivity contribution in [1.29, 1.82) is 0 Å². The zero-order valence-electron chi connectivity index (χ0n) is 16.9. The molecule has 0 N–H and O–H groups in total. The first-order valence-corrected chi connectivity index (χ1v) is 10.1. The van der Waals surface area contributed by atoms with Gasteiger partial charge in [-0.15, -0.1) is 0 Å². The quantitative estimate of drug-likeness (QED) is 0.632. The minimum Gasteiger partial charge on any atom is -0.496 e. The Morgan fingerprint density at radius 2 is 1.90 bits per heavy atom. The normalized spacial score (nSPS) is 15.1. The summed E-state index contributed by atoms with van der Waals surface area (Å²) in [7, 11) is 3.65. The van der Waals surface area contributed by atoms with Crippen molar-refractivity contribution in [2.75, 3.05) is 45.2 Å². The van der Waals surface area contributed by atoms with Crippen LogP contribution in [0.3, 0.4) is 0 Å². The third-order valence-electron chi connectivity index (χ3n) is 5.56. The monoisotopic (exact) mass is 414 g/mol. The maximum absolute atomic E-state index is 14.8. The molecule has 0 saturated carbocycles. The van der Waals surface area contributed by atoms with Gasteiger partial charge >= 0.3 is 0 Å². The molecule has 4 rings (SSSR count). The molecule has 5 nitrogen and oxygen atoms in total. The zero-order valence-corrected chi connectivity index (χ0v) is 17.6. The summed E-state index contributed by atoms with van der Waals surface area (Å²) in [4.78, 5) is 13.7. The number of piperazine rings is 1. The summed E-state index contributed by atoms with van der Waals surface area (Å²) < 4.78 is 20.3. The molecule has 1 aromatic heterocycles. The molecule has 1 aliphatic heterocycles. The van der Waals surface area contributed by atoms with Gasteiger partial charge in [-0.3, -0.25) is 0 Å². The second-order valence-corrected chi connectivity index (χ2v) is 7.67. The maximum Gasteiger partial charge on any atom is 0.140 e. The van der Waals surface area contributed by atoms with Crippen LogP contribution in [0.15, 0.2) is 30.6 Å². The second-order valence-electron chi connectivity index (χ2n) is 7.27. The first kappa shape index (κ1) is 19.9. The minimum atomic E-state index is -0.367. The Hall–Kier alpha value is -2.44. The Morgan fingerprint density at radius 3 is 2.59 bits per heavy atom. The maximum atomic E-state index is 14.8. The molecule has 1 fully saturated rings. The van der Waals surface area contributed by atoms with Crippen molar-refractivity contribution in [2.24, 2.45) is 0 Å². The van der Waals surface area contributed by atoms with Crippen LogP contribution in [0.2, 0.25) is 5.02 Å². The molecule has 0 spiro atoms. The van der Waals surface area contributed by atoms with Crippen LogP contribution in [0.4, 0.5) is 10.2 Å². The number of aromatic nitrogens is 2. The smallest absolute Gasteiger partial charge is 0.140 e. The van der Waals surface area contributed by atoms with E-state index in [4.69, 9.17) is 16.3 Å². The second kappa shape index (κ2) is 8.13. The Bertz CT molecular complexity index is 1050. The molecule has 1 saturated heterocycles. The SMILES string of the molecule is CCc1c(-c2c(F)cccc2OC)c(Cl)cc2c(N3CCN(C)CC3)ncnc12. The molecular formula is C22H24ClFN4O. The molecule has 2 aromatic carbocycles. The average Bonchev–Trinajstić information content (AvgIpc) is 2.73. The fraction of sp³-hybridized carbons (Fsp3) is 0.364. The number of halogens is 2. The van der Waals surface area contributed by atoms with E-state index in [2.05, 4.69) is 26.8 Å². The average molecular weight is 415 g/mol. The summed E-state index contributed by atoms with van der Waals surface area (Å²) in [5, 5.41) is 1.38. The van der Waals surface area contributed by atoms with Crippen molar-refractivity contribution >= 4 is 28.3 Å². The molecule has 0 radical (unpaired) electrons. The lowest BCUT2D eigenvalue weighted by atomic mass is 9.94. The molecular weight excluding hydrogens is 391 g/mol. The topological polar surface area (TPSA) is 41.5 Å². The Morgan fingerprint density at radius 1 is 1.14 bits per heavy atom. The molecule has 7 heteroatoms. The third kappa shape index (κ3) is 3.51. The lowest BCUT2D eigenvalue weighted by Crippen LogP contribution is -2.44. The molecule has 0 amide bonds. The number of anilines is 1.